The molecule has 0 spiro atoms. The van der Waals surface area contributed by atoms with Gasteiger partial charge < -0.3 is 9.47 Å². The van der Waals surface area contributed by atoms with Crippen LogP contribution in [0.1, 0.15) is 43.5 Å². The number of para-hydroxylation sites is 2. The van der Waals surface area contributed by atoms with E-state index < -0.39 is 6.10 Å². The van der Waals surface area contributed by atoms with Gasteiger partial charge in [0.1, 0.15) is 11.6 Å². The summed E-state index contributed by atoms with van der Waals surface area (Å²) in [4.78, 5) is 12.7. The Bertz CT molecular complexity index is 892. The second-order valence-corrected chi connectivity index (χ2v) is 9.94. The normalized spacial score (nSPS) is 35.0. The number of carbonyl (C=O) groups is 1. The summed E-state index contributed by atoms with van der Waals surface area (Å²) in [6, 6.07) is 7.40. The van der Waals surface area contributed by atoms with Crippen LogP contribution in [0.2, 0.25) is 0 Å². The van der Waals surface area contributed by atoms with E-state index in [1.165, 1.54) is 38.5 Å². The average molecular weight is 398 g/mol. The predicted octanol–water partition coefficient (Wildman–Crippen LogP) is 3.78. The molecule has 6 nitrogen and oxygen atoms in total. The molecule has 4 fully saturated rings. The van der Waals surface area contributed by atoms with Crippen molar-refractivity contribution in [1.29, 1.82) is 0 Å². The smallest absolute Gasteiger partial charge is 0.270 e. The molecule has 1 unspecified atom stereocenters. The second kappa shape index (κ2) is 6.17. The van der Waals surface area contributed by atoms with Gasteiger partial charge in [-0.25, -0.2) is 0 Å². The highest BCUT2D eigenvalue weighted by Gasteiger charge is 2.53. The minimum atomic E-state index is -0.679. The Labute approximate surface area is 167 Å². The third-order valence-electron chi connectivity index (χ3n) is 6.95. The highest BCUT2D eigenvalue weighted by atomic mass is 32.1. The molecule has 7 rings (SSSR count). The van der Waals surface area contributed by atoms with Crippen molar-refractivity contribution in [3.8, 4) is 11.5 Å². The lowest BCUT2D eigenvalue weighted by molar-refractivity contribution is -0.125. The Kier molecular flexibility index (Phi) is 3.70. The van der Waals surface area contributed by atoms with Crippen molar-refractivity contribution >= 4 is 22.4 Å². The SMILES string of the molecule is O=C(Nc1nnc(C23CC4CC(CC(C4)C2)C3)s1)C1COc2ccccc2O1. The number of hydrogen-bond acceptors (Lipinski definition) is 6. The summed E-state index contributed by atoms with van der Waals surface area (Å²) in [7, 11) is 0. The molecule has 0 radical (unpaired) electrons. The van der Waals surface area contributed by atoms with Crippen LogP contribution in [0.3, 0.4) is 0 Å². The van der Waals surface area contributed by atoms with Crippen LogP contribution >= 0.6 is 11.3 Å². The number of ether oxygens (including phenoxy) is 2. The van der Waals surface area contributed by atoms with Crippen LogP contribution in [0.4, 0.5) is 5.13 Å². The van der Waals surface area contributed by atoms with Gasteiger partial charge in [-0.3, -0.25) is 10.1 Å². The van der Waals surface area contributed by atoms with Crippen molar-refractivity contribution in [3.05, 3.63) is 29.3 Å². The summed E-state index contributed by atoms with van der Waals surface area (Å²) >= 11 is 1.55. The fourth-order valence-electron chi connectivity index (χ4n) is 6.20. The number of amides is 1. The molecule has 146 valence electrons. The maximum atomic E-state index is 12.7. The molecule has 1 aromatic heterocycles. The molecule has 4 aliphatic carbocycles. The lowest BCUT2D eigenvalue weighted by Gasteiger charge is -2.55. The van der Waals surface area contributed by atoms with Crippen molar-refractivity contribution in [3.63, 3.8) is 0 Å². The van der Waals surface area contributed by atoms with Crippen molar-refractivity contribution in [1.82, 2.24) is 10.2 Å². The Balaban J connectivity index is 1.17. The largest absolute Gasteiger partial charge is 0.485 e. The van der Waals surface area contributed by atoms with Gasteiger partial charge >= 0.3 is 0 Å². The number of carbonyl (C=O) groups excluding carboxylic acids is 1. The first-order valence-electron chi connectivity index (χ1n) is 10.2. The van der Waals surface area contributed by atoms with Gasteiger partial charge in [0.25, 0.3) is 5.91 Å². The van der Waals surface area contributed by atoms with E-state index in [0.717, 1.165) is 22.8 Å². The van der Waals surface area contributed by atoms with Gasteiger partial charge in [0.15, 0.2) is 11.5 Å². The van der Waals surface area contributed by atoms with E-state index in [0.29, 0.717) is 16.6 Å². The Morgan fingerprint density at radius 1 is 1.04 bits per heavy atom. The van der Waals surface area contributed by atoms with Crippen LogP contribution in [0, 0.1) is 17.8 Å². The van der Waals surface area contributed by atoms with Crippen LogP contribution in [-0.4, -0.2) is 28.8 Å². The molecule has 2 aromatic rings. The predicted molar refractivity (Wildman–Crippen MR) is 105 cm³/mol. The van der Waals surface area contributed by atoms with E-state index in [1.807, 2.05) is 24.3 Å². The molecule has 0 saturated heterocycles. The lowest BCUT2D eigenvalue weighted by atomic mass is 9.50. The molecule has 5 aliphatic rings. The van der Waals surface area contributed by atoms with Gasteiger partial charge in [-0.2, -0.15) is 0 Å². The molecule has 4 saturated carbocycles. The number of nitrogens with one attached hydrogen (secondary N) is 1. The van der Waals surface area contributed by atoms with Crippen molar-refractivity contribution in [2.24, 2.45) is 17.8 Å². The molecular weight excluding hydrogens is 374 g/mol. The lowest BCUT2D eigenvalue weighted by Crippen LogP contribution is -2.48. The molecule has 1 aliphatic heterocycles. The number of fused-ring (bicyclic) bond motifs is 1. The van der Waals surface area contributed by atoms with E-state index in [4.69, 9.17) is 9.47 Å². The van der Waals surface area contributed by atoms with Crippen LogP contribution in [0.5, 0.6) is 11.5 Å². The number of anilines is 1. The van der Waals surface area contributed by atoms with Crippen LogP contribution in [0.25, 0.3) is 0 Å². The monoisotopic (exact) mass is 397 g/mol. The maximum Gasteiger partial charge on any atom is 0.270 e. The zero-order valence-electron chi connectivity index (χ0n) is 15.6. The standard InChI is InChI=1S/C21H23N3O3S/c25-18(17-11-26-15-3-1-2-4-16(15)27-17)22-20-24-23-19(28-20)21-8-12-5-13(9-21)7-14(6-12)10-21/h1-4,12-14,17H,5-11H2,(H,22,24,25). The molecule has 1 amide bonds. The Morgan fingerprint density at radius 3 is 2.43 bits per heavy atom. The third-order valence-corrected chi connectivity index (χ3v) is 8.03. The van der Waals surface area contributed by atoms with Gasteiger partial charge in [-0.15, -0.1) is 10.2 Å². The summed E-state index contributed by atoms with van der Waals surface area (Å²) < 4.78 is 11.4. The molecule has 4 bridgehead atoms. The molecule has 28 heavy (non-hydrogen) atoms. The van der Waals surface area contributed by atoms with Gasteiger partial charge in [-0.1, -0.05) is 23.5 Å². The minimum Gasteiger partial charge on any atom is -0.485 e. The van der Waals surface area contributed by atoms with Gasteiger partial charge in [0.05, 0.1) is 0 Å². The highest BCUT2D eigenvalue weighted by Crippen LogP contribution is 2.61. The van der Waals surface area contributed by atoms with Gasteiger partial charge in [0.2, 0.25) is 11.2 Å². The van der Waals surface area contributed by atoms with Crippen molar-refractivity contribution in [2.75, 3.05) is 11.9 Å². The van der Waals surface area contributed by atoms with E-state index in [-0.39, 0.29) is 17.9 Å². The maximum absolute atomic E-state index is 12.7. The first kappa shape index (κ1) is 16.8. The Hall–Kier alpha value is -2.15. The summed E-state index contributed by atoms with van der Waals surface area (Å²) in [5.74, 6) is 3.62. The van der Waals surface area contributed by atoms with Crippen LogP contribution in [-0.2, 0) is 10.2 Å². The molecule has 2 heterocycles. The molecule has 1 N–H and O–H groups in total. The molecular formula is C21H23N3O3S. The minimum absolute atomic E-state index is 0.198. The van der Waals surface area contributed by atoms with Gasteiger partial charge in [0, 0.05) is 5.41 Å². The van der Waals surface area contributed by atoms with Gasteiger partial charge in [-0.05, 0) is 68.4 Å². The molecule has 7 heteroatoms. The molecule has 1 atom stereocenters. The number of hydrogen-bond donors (Lipinski definition) is 1. The van der Waals surface area contributed by atoms with Crippen molar-refractivity contribution in [2.45, 2.75) is 50.0 Å². The van der Waals surface area contributed by atoms with Crippen LogP contribution in [0.15, 0.2) is 24.3 Å². The number of benzene rings is 1. The average Bonchev–Trinajstić information content (AvgIpc) is 3.16. The fraction of sp³-hybridized carbons (Fsp3) is 0.571. The number of nitrogens with zero attached hydrogens (tertiary/aromatic N) is 2. The number of rotatable bonds is 3. The summed E-state index contributed by atoms with van der Waals surface area (Å²) in [5, 5.41) is 13.4. The third kappa shape index (κ3) is 2.70. The molecule has 1 aromatic carbocycles. The summed E-state index contributed by atoms with van der Waals surface area (Å²) in [6.07, 6.45) is 7.28. The summed E-state index contributed by atoms with van der Waals surface area (Å²) in [6.45, 7) is 0.198. The van der Waals surface area contributed by atoms with Crippen molar-refractivity contribution < 1.29 is 14.3 Å². The topological polar surface area (TPSA) is 73.3 Å². The highest BCUT2D eigenvalue weighted by molar-refractivity contribution is 7.15. The van der Waals surface area contributed by atoms with E-state index in [9.17, 15) is 4.79 Å². The Morgan fingerprint density at radius 2 is 1.71 bits per heavy atom. The van der Waals surface area contributed by atoms with E-state index in [2.05, 4.69) is 15.5 Å². The summed E-state index contributed by atoms with van der Waals surface area (Å²) in [5.41, 5.74) is 0.207. The zero-order valence-corrected chi connectivity index (χ0v) is 16.4. The first-order chi connectivity index (χ1) is 13.7. The zero-order chi connectivity index (χ0) is 18.7. The van der Waals surface area contributed by atoms with Crippen LogP contribution < -0.4 is 14.8 Å². The first-order valence-corrected chi connectivity index (χ1v) is 11.0. The van der Waals surface area contributed by atoms with E-state index >= 15 is 0 Å². The van der Waals surface area contributed by atoms with E-state index in [1.54, 1.807) is 11.3 Å². The second-order valence-electron chi connectivity index (χ2n) is 8.96. The fourth-order valence-corrected chi connectivity index (χ4v) is 7.16. The quantitative estimate of drug-likeness (QED) is 0.853. The number of aromatic nitrogens is 2.